The van der Waals surface area contributed by atoms with Gasteiger partial charge in [0, 0.05) is 47.8 Å². The highest BCUT2D eigenvalue weighted by Gasteiger charge is 2.38. The lowest BCUT2D eigenvalue weighted by Gasteiger charge is -2.41. The fourth-order valence-electron chi connectivity index (χ4n) is 6.12. The number of aliphatic hydroxyl groups is 1. The molecule has 0 saturated carbocycles. The van der Waals surface area contributed by atoms with E-state index < -0.39 is 6.29 Å². The number of anilines is 1. The molecule has 1 saturated heterocycles. The molecule has 0 radical (unpaired) electrons. The molecule has 4 N–H and O–H groups in total. The van der Waals surface area contributed by atoms with Crippen LogP contribution in [0.4, 0.5) is 10.5 Å². The molecule has 1 heterocycles. The summed E-state index contributed by atoms with van der Waals surface area (Å²) in [6.45, 7) is 4.48. The summed E-state index contributed by atoms with van der Waals surface area (Å²) in [4.78, 5) is 25.1. The van der Waals surface area contributed by atoms with Crippen molar-refractivity contribution < 1.29 is 24.2 Å². The average Bonchev–Trinajstić information content (AvgIpc) is 3.17. The van der Waals surface area contributed by atoms with E-state index in [1.54, 1.807) is 11.8 Å². The molecule has 51 heavy (non-hydrogen) atoms. The number of carbonyl (C=O) groups excluding carboxylic acids is 2. The van der Waals surface area contributed by atoms with Crippen LogP contribution in [-0.2, 0) is 34.0 Å². The second-order valence-corrected chi connectivity index (χ2v) is 13.7. The predicted molar refractivity (Wildman–Crippen MR) is 202 cm³/mol. The maximum Gasteiger partial charge on any atom is 0.315 e. The maximum atomic E-state index is 12.6. The molecule has 9 heteroatoms. The van der Waals surface area contributed by atoms with Crippen LogP contribution in [0.25, 0.3) is 11.1 Å². The van der Waals surface area contributed by atoms with Crippen molar-refractivity contribution in [2.75, 3.05) is 11.1 Å². The zero-order valence-electron chi connectivity index (χ0n) is 28.8. The minimum Gasteiger partial charge on any atom is -0.392 e. The normalized spacial score (nSPS) is 18.5. The molecule has 0 aromatic heterocycles. The van der Waals surface area contributed by atoms with Gasteiger partial charge in [0.05, 0.1) is 18.8 Å². The van der Waals surface area contributed by atoms with Gasteiger partial charge in [-0.1, -0.05) is 110 Å². The van der Waals surface area contributed by atoms with Gasteiger partial charge in [-0.25, -0.2) is 4.79 Å². The Kier molecular flexibility index (Phi) is 12.2. The van der Waals surface area contributed by atoms with Gasteiger partial charge < -0.3 is 30.5 Å². The molecule has 5 aromatic carbocycles. The van der Waals surface area contributed by atoms with E-state index in [2.05, 4.69) is 41.1 Å². The fourth-order valence-corrected chi connectivity index (χ4v) is 7.19. The number of hydrogen-bond donors (Lipinski definition) is 4. The van der Waals surface area contributed by atoms with Crippen molar-refractivity contribution in [1.29, 1.82) is 0 Å². The first-order chi connectivity index (χ1) is 24.9. The lowest BCUT2D eigenvalue weighted by Crippen LogP contribution is -2.38. The molecule has 0 unspecified atom stereocenters. The number of ether oxygens (including phenoxy) is 2. The van der Waals surface area contributed by atoms with E-state index >= 15 is 0 Å². The van der Waals surface area contributed by atoms with Gasteiger partial charge in [0.2, 0.25) is 5.91 Å². The molecule has 5 aromatic rings. The third-order valence-electron chi connectivity index (χ3n) is 8.96. The highest BCUT2D eigenvalue weighted by atomic mass is 32.2. The molecule has 0 spiro atoms. The highest BCUT2D eigenvalue weighted by Crippen LogP contribution is 2.43. The summed E-state index contributed by atoms with van der Waals surface area (Å²) >= 11 is 1.71. The summed E-state index contributed by atoms with van der Waals surface area (Å²) in [5.41, 5.74) is 7.67. The largest absolute Gasteiger partial charge is 0.392 e. The number of amides is 3. The summed E-state index contributed by atoms with van der Waals surface area (Å²) < 4.78 is 13.4. The number of thioether (sulfide) groups is 1. The number of nitrogens with one attached hydrogen (secondary N) is 3. The molecule has 6 rings (SSSR count). The number of hydrogen-bond acceptors (Lipinski definition) is 6. The Labute approximate surface area is 303 Å². The van der Waals surface area contributed by atoms with Crippen molar-refractivity contribution in [2.45, 2.75) is 56.9 Å². The predicted octanol–water partition coefficient (Wildman–Crippen LogP) is 8.39. The van der Waals surface area contributed by atoms with Crippen molar-refractivity contribution in [1.82, 2.24) is 10.6 Å². The van der Waals surface area contributed by atoms with Gasteiger partial charge in [-0.05, 0) is 57.6 Å². The van der Waals surface area contributed by atoms with E-state index in [1.165, 1.54) is 6.92 Å². The van der Waals surface area contributed by atoms with E-state index in [4.69, 9.17) is 9.47 Å². The van der Waals surface area contributed by atoms with Crippen molar-refractivity contribution >= 4 is 29.4 Å². The summed E-state index contributed by atoms with van der Waals surface area (Å²) in [7, 11) is 0. The zero-order valence-corrected chi connectivity index (χ0v) is 29.6. The van der Waals surface area contributed by atoms with Crippen LogP contribution >= 0.6 is 11.8 Å². The number of benzene rings is 5. The molecule has 0 bridgehead atoms. The lowest BCUT2D eigenvalue weighted by atomic mass is 9.91. The molecule has 4 atom stereocenters. The Hall–Kier alpha value is -4.93. The Morgan fingerprint density at radius 2 is 1.39 bits per heavy atom. The second kappa shape index (κ2) is 17.3. The molecule has 0 aliphatic carbocycles. The molecule has 1 aliphatic heterocycles. The van der Waals surface area contributed by atoms with Crippen LogP contribution in [-0.4, -0.2) is 28.9 Å². The minimum atomic E-state index is -0.587. The van der Waals surface area contributed by atoms with Gasteiger partial charge in [-0.3, -0.25) is 4.79 Å². The van der Waals surface area contributed by atoms with Crippen LogP contribution in [0.5, 0.6) is 0 Å². The smallest absolute Gasteiger partial charge is 0.315 e. The van der Waals surface area contributed by atoms with Crippen LogP contribution in [0.15, 0.2) is 132 Å². The van der Waals surface area contributed by atoms with E-state index in [0.717, 1.165) is 49.5 Å². The van der Waals surface area contributed by atoms with Gasteiger partial charge in [0.25, 0.3) is 0 Å². The Morgan fingerprint density at radius 3 is 2.10 bits per heavy atom. The van der Waals surface area contributed by atoms with Crippen LogP contribution in [0.2, 0.25) is 0 Å². The van der Waals surface area contributed by atoms with E-state index in [0.29, 0.717) is 18.8 Å². The first-order valence-electron chi connectivity index (χ1n) is 17.1. The minimum absolute atomic E-state index is 0.0138. The zero-order chi connectivity index (χ0) is 35.6. The SMILES string of the molecule is CC(=O)Nc1ccc(SC[C@@H]2O[C@H](c3ccc(-c4ccccc4CNC(=O)NCc4ccccc4)cc3)O[C@H](c3ccc(CO)cc3)[C@@H]2C)cc1. The van der Waals surface area contributed by atoms with E-state index in [9.17, 15) is 14.7 Å². The third kappa shape index (κ3) is 9.65. The van der Waals surface area contributed by atoms with Gasteiger partial charge >= 0.3 is 6.03 Å². The third-order valence-corrected chi connectivity index (χ3v) is 10.1. The maximum absolute atomic E-state index is 12.6. The van der Waals surface area contributed by atoms with Gasteiger partial charge in [0.1, 0.15) is 0 Å². The monoisotopic (exact) mass is 701 g/mol. The Morgan fingerprint density at radius 1 is 0.725 bits per heavy atom. The molecule has 3 amide bonds. The standard InChI is InChI=1S/C42H43N3O5S/c1-28-39(27-51-37-22-20-36(21-23-37)45-29(2)47)49-41(50-40(28)33-14-12-31(26-46)13-15-33)34-18-16-32(17-19-34)38-11-7-6-10-35(38)25-44-42(48)43-24-30-8-4-3-5-9-30/h3-23,28,39-41,46H,24-27H2,1-2H3,(H,45,47)(H2,43,44,48)/t28-,39+,40+,41+/m1/s1. The summed E-state index contributed by atoms with van der Waals surface area (Å²) in [5.74, 6) is 0.664. The van der Waals surface area contributed by atoms with Crippen LogP contribution < -0.4 is 16.0 Å². The first kappa shape index (κ1) is 35.9. The van der Waals surface area contributed by atoms with Gasteiger partial charge in [-0.15, -0.1) is 11.8 Å². The van der Waals surface area contributed by atoms with Crippen molar-refractivity contribution in [3.63, 3.8) is 0 Å². The van der Waals surface area contributed by atoms with Gasteiger partial charge in [0.15, 0.2) is 6.29 Å². The summed E-state index contributed by atoms with van der Waals surface area (Å²) in [6, 6.07) is 41.6. The second-order valence-electron chi connectivity index (χ2n) is 12.6. The fraction of sp³-hybridized carbons (Fsp3) is 0.238. The topological polar surface area (TPSA) is 109 Å². The van der Waals surface area contributed by atoms with E-state index in [-0.39, 0.29) is 36.7 Å². The molecular formula is C42H43N3O5S. The summed E-state index contributed by atoms with van der Waals surface area (Å²) in [5, 5.41) is 18.3. The Balaban J connectivity index is 1.16. The Bertz CT molecular complexity index is 1890. The first-order valence-corrected chi connectivity index (χ1v) is 18.1. The van der Waals surface area contributed by atoms with E-state index in [1.807, 2.05) is 109 Å². The molecule has 1 aliphatic rings. The van der Waals surface area contributed by atoms with Crippen LogP contribution in [0, 0.1) is 5.92 Å². The molecular weight excluding hydrogens is 659 g/mol. The quantitative estimate of drug-likeness (QED) is 0.0974. The van der Waals surface area contributed by atoms with Gasteiger partial charge in [-0.2, -0.15) is 0 Å². The average molecular weight is 702 g/mol. The van der Waals surface area contributed by atoms with Crippen LogP contribution in [0.3, 0.4) is 0 Å². The number of rotatable bonds is 12. The van der Waals surface area contributed by atoms with Crippen LogP contribution in [0.1, 0.15) is 54.1 Å². The number of carbonyl (C=O) groups is 2. The molecule has 1 fully saturated rings. The number of urea groups is 1. The molecule has 262 valence electrons. The molecule has 8 nitrogen and oxygen atoms in total. The highest BCUT2D eigenvalue weighted by molar-refractivity contribution is 7.99. The number of aliphatic hydroxyl groups excluding tert-OH is 1. The van der Waals surface area contributed by atoms with Crippen molar-refractivity contribution in [3.8, 4) is 11.1 Å². The summed E-state index contributed by atoms with van der Waals surface area (Å²) in [6.07, 6.45) is -0.926. The lowest BCUT2D eigenvalue weighted by molar-refractivity contribution is -0.268. The van der Waals surface area contributed by atoms with Crippen molar-refractivity contribution in [3.05, 3.63) is 155 Å². The van der Waals surface area contributed by atoms with Crippen molar-refractivity contribution in [2.24, 2.45) is 5.92 Å².